The van der Waals surface area contributed by atoms with Gasteiger partial charge in [-0.2, -0.15) is 0 Å². The van der Waals surface area contributed by atoms with Crippen LogP contribution in [0.4, 0.5) is 0 Å². The van der Waals surface area contributed by atoms with Crippen LogP contribution in [0.1, 0.15) is 12.5 Å². The van der Waals surface area contributed by atoms with Gasteiger partial charge < -0.3 is 9.84 Å². The lowest BCUT2D eigenvalue weighted by atomic mass is 10.0. The van der Waals surface area contributed by atoms with E-state index in [9.17, 15) is 5.11 Å². The molecule has 1 aliphatic heterocycles. The lowest BCUT2D eigenvalue weighted by Gasteiger charge is -2.11. The largest absolute Gasteiger partial charge is 0.375 e. The average Bonchev–Trinajstić information content (AvgIpc) is 3.00. The Morgan fingerprint density at radius 1 is 1.43 bits per heavy atom. The first-order valence-electron chi connectivity index (χ1n) is 4.61. The van der Waals surface area contributed by atoms with Gasteiger partial charge in [0.15, 0.2) is 5.60 Å². The maximum atomic E-state index is 9.82. The molecule has 1 aromatic rings. The number of hydrogen-bond donors (Lipinski definition) is 1. The Bertz CT molecular complexity index is 366. The van der Waals surface area contributed by atoms with Gasteiger partial charge >= 0.3 is 0 Å². The Hall–Kier alpha value is -1.30. The zero-order valence-electron chi connectivity index (χ0n) is 8.03. The number of rotatable bonds is 1. The molecule has 2 heteroatoms. The fourth-order valence-electron chi connectivity index (χ4n) is 1.17. The predicted molar refractivity (Wildman–Crippen MR) is 53.7 cm³/mol. The van der Waals surface area contributed by atoms with Crippen LogP contribution in [0.5, 0.6) is 0 Å². The molecule has 1 fully saturated rings. The van der Waals surface area contributed by atoms with Crippen LogP contribution in [0, 0.1) is 11.8 Å². The first kappa shape index (κ1) is 9.26. The molecule has 0 aliphatic carbocycles. The zero-order valence-corrected chi connectivity index (χ0v) is 8.03. The van der Waals surface area contributed by atoms with Crippen molar-refractivity contribution in [2.24, 2.45) is 0 Å². The van der Waals surface area contributed by atoms with Crippen LogP contribution >= 0.6 is 0 Å². The molecule has 2 nitrogen and oxygen atoms in total. The smallest absolute Gasteiger partial charge is 0.151 e. The van der Waals surface area contributed by atoms with Gasteiger partial charge in [-0.15, -0.1) is 0 Å². The molecular formula is C12H12O2. The van der Waals surface area contributed by atoms with Crippen molar-refractivity contribution in [2.45, 2.75) is 18.6 Å². The minimum Gasteiger partial charge on any atom is -0.375 e. The molecule has 2 unspecified atom stereocenters. The highest BCUT2D eigenvalue weighted by molar-refractivity contribution is 5.36. The summed E-state index contributed by atoms with van der Waals surface area (Å²) in [5.41, 5.74) is -0.107. The van der Waals surface area contributed by atoms with Crippen molar-refractivity contribution in [3.8, 4) is 11.8 Å². The molecule has 1 aromatic carbocycles. The third-order valence-electron chi connectivity index (χ3n) is 2.19. The van der Waals surface area contributed by atoms with E-state index in [1.54, 1.807) is 6.92 Å². The van der Waals surface area contributed by atoms with Crippen LogP contribution in [0.15, 0.2) is 30.3 Å². The van der Waals surface area contributed by atoms with Gasteiger partial charge in [-0.25, -0.2) is 0 Å². The van der Waals surface area contributed by atoms with Crippen LogP contribution < -0.4 is 0 Å². The summed E-state index contributed by atoms with van der Waals surface area (Å²) < 4.78 is 5.01. The third-order valence-corrected chi connectivity index (χ3v) is 2.19. The third kappa shape index (κ3) is 2.14. The van der Waals surface area contributed by atoms with Gasteiger partial charge in [-0.1, -0.05) is 30.0 Å². The Morgan fingerprint density at radius 3 is 2.64 bits per heavy atom. The van der Waals surface area contributed by atoms with E-state index in [1.165, 1.54) is 0 Å². The first-order valence-corrected chi connectivity index (χ1v) is 4.61. The van der Waals surface area contributed by atoms with Crippen LogP contribution in [0.25, 0.3) is 0 Å². The molecule has 0 bridgehead atoms. The second kappa shape index (κ2) is 3.45. The highest BCUT2D eigenvalue weighted by Gasteiger charge is 2.40. The standard InChI is InChI=1S/C12H12O2/c1-12(13,11-9-14-11)8-7-10-5-3-2-4-6-10/h2-6,11,13H,9H2,1H3. The molecule has 0 radical (unpaired) electrons. The normalized spacial score (nSPS) is 23.1. The number of aliphatic hydroxyl groups is 1. The highest BCUT2D eigenvalue weighted by Crippen LogP contribution is 2.23. The fraction of sp³-hybridized carbons (Fsp3) is 0.333. The molecule has 2 rings (SSSR count). The van der Waals surface area contributed by atoms with Crippen molar-refractivity contribution < 1.29 is 9.84 Å². The van der Waals surface area contributed by atoms with E-state index in [0.717, 1.165) is 5.56 Å². The Kier molecular flexibility index (Phi) is 2.28. The van der Waals surface area contributed by atoms with Crippen LogP contribution in [0.2, 0.25) is 0 Å². The van der Waals surface area contributed by atoms with Crippen molar-refractivity contribution in [3.63, 3.8) is 0 Å². The Morgan fingerprint density at radius 2 is 2.07 bits per heavy atom. The van der Waals surface area contributed by atoms with E-state index in [-0.39, 0.29) is 6.10 Å². The minimum absolute atomic E-state index is 0.112. The molecule has 72 valence electrons. The summed E-state index contributed by atoms with van der Waals surface area (Å²) in [6, 6.07) is 9.61. The molecule has 2 atom stereocenters. The summed E-state index contributed by atoms with van der Waals surface area (Å²) in [5, 5.41) is 9.82. The van der Waals surface area contributed by atoms with Crippen LogP contribution in [-0.2, 0) is 4.74 Å². The van der Waals surface area contributed by atoms with Crippen molar-refractivity contribution in [1.29, 1.82) is 0 Å². The molecule has 1 heterocycles. The predicted octanol–water partition coefficient (Wildman–Crippen LogP) is 1.19. The molecule has 1 N–H and O–H groups in total. The average molecular weight is 188 g/mol. The summed E-state index contributed by atoms with van der Waals surface area (Å²) >= 11 is 0. The first-order chi connectivity index (χ1) is 6.68. The highest BCUT2D eigenvalue weighted by atomic mass is 16.6. The minimum atomic E-state index is -1.02. The monoisotopic (exact) mass is 188 g/mol. The van der Waals surface area contributed by atoms with Gasteiger partial charge in [0.2, 0.25) is 0 Å². The summed E-state index contributed by atoms with van der Waals surface area (Å²) in [4.78, 5) is 0. The number of epoxide rings is 1. The van der Waals surface area contributed by atoms with E-state index < -0.39 is 5.60 Å². The molecular weight excluding hydrogens is 176 g/mol. The maximum Gasteiger partial charge on any atom is 0.151 e. The van der Waals surface area contributed by atoms with Crippen molar-refractivity contribution in [3.05, 3.63) is 35.9 Å². The van der Waals surface area contributed by atoms with E-state index in [1.807, 2.05) is 30.3 Å². The molecule has 0 spiro atoms. The van der Waals surface area contributed by atoms with Crippen LogP contribution in [-0.4, -0.2) is 23.4 Å². The van der Waals surface area contributed by atoms with Crippen molar-refractivity contribution >= 4 is 0 Å². The van der Waals surface area contributed by atoms with Crippen molar-refractivity contribution in [1.82, 2.24) is 0 Å². The van der Waals surface area contributed by atoms with Crippen LogP contribution in [0.3, 0.4) is 0 Å². The summed E-state index contributed by atoms with van der Waals surface area (Å²) in [6.45, 7) is 2.29. The van der Waals surface area contributed by atoms with E-state index in [0.29, 0.717) is 6.61 Å². The second-order valence-electron chi connectivity index (χ2n) is 3.59. The summed E-state index contributed by atoms with van der Waals surface area (Å²) in [7, 11) is 0. The Balaban J connectivity index is 2.13. The summed E-state index contributed by atoms with van der Waals surface area (Å²) in [6.07, 6.45) is -0.112. The molecule has 1 saturated heterocycles. The van der Waals surface area contributed by atoms with Gasteiger partial charge in [0, 0.05) is 5.56 Å². The lowest BCUT2D eigenvalue weighted by molar-refractivity contribution is 0.0863. The lowest BCUT2D eigenvalue weighted by Crippen LogP contribution is -2.29. The van der Waals surface area contributed by atoms with Gasteiger partial charge in [0.05, 0.1) is 6.61 Å². The quantitative estimate of drug-likeness (QED) is 0.530. The van der Waals surface area contributed by atoms with Gasteiger partial charge in [0.25, 0.3) is 0 Å². The molecule has 14 heavy (non-hydrogen) atoms. The topological polar surface area (TPSA) is 32.8 Å². The van der Waals surface area contributed by atoms with Crippen molar-refractivity contribution in [2.75, 3.05) is 6.61 Å². The molecule has 1 aliphatic rings. The molecule has 0 aromatic heterocycles. The second-order valence-corrected chi connectivity index (χ2v) is 3.59. The molecule has 0 amide bonds. The van der Waals surface area contributed by atoms with Gasteiger partial charge in [-0.3, -0.25) is 0 Å². The zero-order chi connectivity index (χ0) is 10.0. The summed E-state index contributed by atoms with van der Waals surface area (Å²) in [5.74, 6) is 5.74. The van der Waals surface area contributed by atoms with E-state index in [4.69, 9.17) is 4.74 Å². The van der Waals surface area contributed by atoms with E-state index >= 15 is 0 Å². The maximum absolute atomic E-state index is 9.82. The van der Waals surface area contributed by atoms with E-state index in [2.05, 4.69) is 11.8 Å². The SMILES string of the molecule is CC(O)(C#Cc1ccccc1)C1CO1. The number of benzene rings is 1. The number of ether oxygens (including phenoxy) is 1. The van der Waals surface area contributed by atoms with Gasteiger partial charge in [-0.05, 0) is 19.1 Å². The Labute approximate surface area is 83.5 Å². The molecule has 0 saturated carbocycles. The number of hydrogen-bond acceptors (Lipinski definition) is 2. The fourth-order valence-corrected chi connectivity index (χ4v) is 1.17. The van der Waals surface area contributed by atoms with Gasteiger partial charge in [0.1, 0.15) is 6.10 Å².